The molecule has 0 amide bonds. The Labute approximate surface area is 171 Å². The van der Waals surface area contributed by atoms with E-state index in [2.05, 4.69) is 14.8 Å². The van der Waals surface area contributed by atoms with Crippen molar-refractivity contribution < 1.29 is 23.8 Å². The van der Waals surface area contributed by atoms with Crippen LogP contribution >= 0.6 is 0 Å². The number of hydrogen-bond acceptors (Lipinski definition) is 7. The fourth-order valence-electron chi connectivity index (χ4n) is 3.02. The van der Waals surface area contributed by atoms with E-state index in [1.54, 1.807) is 42.6 Å². The van der Waals surface area contributed by atoms with Gasteiger partial charge in [0, 0.05) is 29.1 Å². The summed E-state index contributed by atoms with van der Waals surface area (Å²) >= 11 is 0. The number of benzene rings is 1. The van der Waals surface area contributed by atoms with E-state index in [0.717, 1.165) is 0 Å². The first kappa shape index (κ1) is 20.8. The molecular formula is C21H21N3O6. The lowest BCUT2D eigenvalue weighted by molar-refractivity contribution is -0.135. The van der Waals surface area contributed by atoms with E-state index < -0.39 is 11.9 Å². The van der Waals surface area contributed by atoms with E-state index in [9.17, 15) is 14.4 Å². The lowest BCUT2D eigenvalue weighted by atomic mass is 10.1. The first-order chi connectivity index (χ1) is 14.3. The topological polar surface area (TPSA) is 112 Å². The minimum Gasteiger partial charge on any atom is -0.493 e. The number of carbonyl (C=O) groups excluding carboxylic acids is 2. The third-order valence-corrected chi connectivity index (χ3v) is 4.55. The number of aromatic amines is 1. The molecular weight excluding hydrogens is 390 g/mol. The summed E-state index contributed by atoms with van der Waals surface area (Å²) in [7, 11) is 2.75. The van der Waals surface area contributed by atoms with Crippen LogP contribution < -0.4 is 15.0 Å². The zero-order valence-corrected chi connectivity index (χ0v) is 17.0. The van der Waals surface area contributed by atoms with Gasteiger partial charge in [0.15, 0.2) is 17.1 Å². The molecule has 30 heavy (non-hydrogen) atoms. The molecule has 0 saturated carbocycles. The second kappa shape index (κ2) is 8.64. The van der Waals surface area contributed by atoms with Crippen LogP contribution in [0.5, 0.6) is 11.5 Å². The molecule has 0 unspecified atom stereocenters. The average Bonchev–Trinajstić information content (AvgIpc) is 3.10. The number of nitrogens with one attached hydrogen (secondary N) is 1. The van der Waals surface area contributed by atoms with Gasteiger partial charge in [-0.15, -0.1) is 0 Å². The molecule has 9 heteroatoms. The number of esters is 2. The summed E-state index contributed by atoms with van der Waals surface area (Å²) < 4.78 is 16.9. The minimum absolute atomic E-state index is 0.0338. The second-order valence-corrected chi connectivity index (χ2v) is 6.49. The van der Waals surface area contributed by atoms with Gasteiger partial charge in [-0.3, -0.25) is 14.7 Å². The molecule has 3 rings (SSSR count). The molecule has 0 fully saturated rings. The van der Waals surface area contributed by atoms with Gasteiger partial charge >= 0.3 is 11.9 Å². The Kier molecular flexibility index (Phi) is 6.01. The highest BCUT2D eigenvalue weighted by Gasteiger charge is 2.17. The molecule has 0 aliphatic carbocycles. The summed E-state index contributed by atoms with van der Waals surface area (Å²) in [4.78, 5) is 39.7. The largest absolute Gasteiger partial charge is 0.493 e. The summed E-state index contributed by atoms with van der Waals surface area (Å²) in [6.07, 6.45) is 2.81. The lowest BCUT2D eigenvalue weighted by Crippen LogP contribution is -2.16. The number of H-pyrrole nitrogens is 1. The highest BCUT2D eigenvalue weighted by molar-refractivity contribution is 5.87. The van der Waals surface area contributed by atoms with E-state index in [1.807, 2.05) is 0 Å². The molecule has 156 valence electrons. The number of fused-ring (bicyclic) bond motifs is 1. The number of carbonyl (C=O) groups is 2. The monoisotopic (exact) mass is 411 g/mol. The van der Waals surface area contributed by atoms with Crippen molar-refractivity contribution in [2.45, 2.75) is 20.3 Å². The van der Waals surface area contributed by atoms with Crippen molar-refractivity contribution in [3.63, 3.8) is 0 Å². The van der Waals surface area contributed by atoms with Gasteiger partial charge in [-0.25, -0.2) is 14.3 Å². The molecule has 1 aromatic carbocycles. The van der Waals surface area contributed by atoms with Crippen molar-refractivity contribution in [3.8, 4) is 11.5 Å². The maximum atomic E-state index is 12.6. The van der Waals surface area contributed by atoms with Crippen LogP contribution in [0.4, 0.5) is 0 Å². The summed E-state index contributed by atoms with van der Waals surface area (Å²) in [5.41, 5.74) is 2.90. The quantitative estimate of drug-likeness (QED) is 0.375. The molecule has 9 nitrogen and oxygen atoms in total. The van der Waals surface area contributed by atoms with Gasteiger partial charge in [0.1, 0.15) is 0 Å². The fraction of sp³-hybridized carbons (Fsp3) is 0.238. The number of aromatic nitrogens is 3. The van der Waals surface area contributed by atoms with Gasteiger partial charge in [-0.2, -0.15) is 0 Å². The van der Waals surface area contributed by atoms with Crippen LogP contribution in [-0.4, -0.2) is 40.8 Å². The molecule has 1 N–H and O–H groups in total. The van der Waals surface area contributed by atoms with Gasteiger partial charge in [0.05, 0.1) is 20.6 Å². The summed E-state index contributed by atoms with van der Waals surface area (Å²) in [5, 5.41) is 2.65. The molecule has 2 heterocycles. The van der Waals surface area contributed by atoms with Crippen molar-refractivity contribution in [3.05, 3.63) is 63.2 Å². The van der Waals surface area contributed by atoms with Gasteiger partial charge in [0.2, 0.25) is 0 Å². The maximum Gasteiger partial charge on any atom is 0.330 e. The van der Waals surface area contributed by atoms with Crippen molar-refractivity contribution in [2.75, 3.05) is 14.2 Å². The molecule has 0 aliphatic heterocycles. The van der Waals surface area contributed by atoms with Crippen LogP contribution in [0, 0.1) is 13.8 Å². The zero-order valence-electron chi connectivity index (χ0n) is 17.0. The maximum absolute atomic E-state index is 12.6. The average molecular weight is 411 g/mol. The highest BCUT2D eigenvalue weighted by Crippen LogP contribution is 2.29. The second-order valence-electron chi connectivity index (χ2n) is 6.49. The molecule has 0 bridgehead atoms. The van der Waals surface area contributed by atoms with E-state index >= 15 is 0 Å². The first-order valence-corrected chi connectivity index (χ1v) is 9.05. The summed E-state index contributed by atoms with van der Waals surface area (Å²) in [6, 6.07) is 6.29. The van der Waals surface area contributed by atoms with Gasteiger partial charge < -0.3 is 14.2 Å². The molecule has 0 radical (unpaired) electrons. The van der Waals surface area contributed by atoms with Gasteiger partial charge in [-0.1, -0.05) is 6.07 Å². The number of nitrogens with zero attached hydrogens (tertiary/aromatic N) is 2. The van der Waals surface area contributed by atoms with Crippen molar-refractivity contribution in [2.24, 2.45) is 0 Å². The Morgan fingerprint density at radius 1 is 1.17 bits per heavy atom. The molecule has 0 spiro atoms. The predicted octanol–water partition coefficient (Wildman–Crippen LogP) is 1.98. The zero-order chi connectivity index (χ0) is 21.8. The Hall–Kier alpha value is -3.88. The Balaban J connectivity index is 1.81. The Morgan fingerprint density at radius 2 is 1.93 bits per heavy atom. The number of hydrogen-bond donors (Lipinski definition) is 1. The third kappa shape index (κ3) is 4.40. The smallest absolute Gasteiger partial charge is 0.330 e. The van der Waals surface area contributed by atoms with Gasteiger partial charge in [-0.05, 0) is 37.6 Å². The van der Waals surface area contributed by atoms with E-state index in [-0.39, 0.29) is 17.7 Å². The van der Waals surface area contributed by atoms with Crippen molar-refractivity contribution >= 4 is 23.7 Å². The molecule has 0 saturated heterocycles. The number of rotatable bonds is 6. The fourth-order valence-corrected chi connectivity index (χ4v) is 3.02. The van der Waals surface area contributed by atoms with E-state index in [0.29, 0.717) is 33.9 Å². The number of ether oxygens (including phenoxy) is 3. The van der Waals surface area contributed by atoms with Crippen LogP contribution in [0.2, 0.25) is 0 Å². The lowest BCUT2D eigenvalue weighted by Gasteiger charge is -2.13. The van der Waals surface area contributed by atoms with E-state index in [4.69, 9.17) is 9.47 Å². The van der Waals surface area contributed by atoms with Crippen molar-refractivity contribution in [1.29, 1.82) is 0 Å². The summed E-state index contributed by atoms with van der Waals surface area (Å²) in [6.45, 7) is 3.57. The normalized spacial score (nSPS) is 11.1. The molecule has 0 atom stereocenters. The third-order valence-electron chi connectivity index (χ3n) is 4.55. The minimum atomic E-state index is -0.506. The van der Waals surface area contributed by atoms with Crippen LogP contribution in [0.25, 0.3) is 11.7 Å². The van der Waals surface area contributed by atoms with Gasteiger partial charge in [0.25, 0.3) is 5.56 Å². The molecule has 3 aromatic rings. The number of methoxy groups -OCH3 is 2. The SMILES string of the molecule is COC(=O)/C=C/c1ccc(OC(=O)Cc2c(C)nc3cc(=O)[nH]n3c2C)c(OC)c1. The Morgan fingerprint density at radius 3 is 2.63 bits per heavy atom. The van der Waals surface area contributed by atoms with Crippen LogP contribution in [0.3, 0.4) is 0 Å². The number of aryl methyl sites for hydroxylation is 2. The molecule has 2 aromatic heterocycles. The van der Waals surface area contributed by atoms with Crippen LogP contribution in [0.15, 0.2) is 35.1 Å². The van der Waals surface area contributed by atoms with Crippen molar-refractivity contribution in [1.82, 2.24) is 14.6 Å². The Bertz CT molecular complexity index is 1210. The summed E-state index contributed by atoms with van der Waals surface area (Å²) in [5.74, 6) is -0.401. The van der Waals surface area contributed by atoms with E-state index in [1.165, 1.54) is 26.4 Å². The van der Waals surface area contributed by atoms with Crippen LogP contribution in [0.1, 0.15) is 22.5 Å². The molecule has 0 aliphatic rings. The first-order valence-electron chi connectivity index (χ1n) is 9.05. The standard InChI is InChI=1S/C21H21N3O6/c1-12-15(13(2)24-18(22-12)11-19(25)23-24)10-21(27)30-16-7-5-14(9-17(16)28-3)6-8-20(26)29-4/h5-9,11H,10H2,1-4H3,(H,23,25)/b8-6+. The predicted molar refractivity (Wildman–Crippen MR) is 109 cm³/mol. The highest BCUT2D eigenvalue weighted by atomic mass is 16.6. The van der Waals surface area contributed by atoms with Crippen LogP contribution in [-0.2, 0) is 20.7 Å².